The second kappa shape index (κ2) is 11.5. The second-order valence-electron chi connectivity index (χ2n) is 8.89. The molecule has 4 N–H and O–H groups in total. The third kappa shape index (κ3) is 5.93. The van der Waals surface area contributed by atoms with E-state index < -0.39 is 29.3 Å². The fourth-order valence-electron chi connectivity index (χ4n) is 4.13. The minimum absolute atomic E-state index is 0.0254. The fraction of sp³-hybridized carbons (Fsp3) is 0.423. The Hall–Kier alpha value is -3.14. The first-order chi connectivity index (χ1) is 16.7. The van der Waals surface area contributed by atoms with Gasteiger partial charge >= 0.3 is 5.69 Å². The SMILES string of the molecule is CCCn1c(=O)[nH]c(=O)c2c(-c3ccc(F)cc3)c(C=C[C@@H](O)C[C@@H](O)CCO)c(C(C)C)nc21. The van der Waals surface area contributed by atoms with Crippen molar-refractivity contribution in [2.24, 2.45) is 0 Å². The molecule has 35 heavy (non-hydrogen) atoms. The maximum atomic E-state index is 13.7. The van der Waals surface area contributed by atoms with Crippen LogP contribution in [-0.4, -0.2) is 48.7 Å². The van der Waals surface area contributed by atoms with Crippen LogP contribution in [0.25, 0.3) is 28.2 Å². The number of benzene rings is 1. The van der Waals surface area contributed by atoms with Gasteiger partial charge in [-0.05, 0) is 36.5 Å². The molecule has 0 radical (unpaired) electrons. The third-order valence-electron chi connectivity index (χ3n) is 5.78. The molecule has 2 heterocycles. The predicted octanol–water partition coefficient (Wildman–Crippen LogP) is 2.93. The maximum absolute atomic E-state index is 13.7. The number of pyridine rings is 1. The number of aryl methyl sites for hydroxylation is 1. The van der Waals surface area contributed by atoms with Crippen molar-refractivity contribution in [1.29, 1.82) is 0 Å². The van der Waals surface area contributed by atoms with Gasteiger partial charge in [-0.3, -0.25) is 14.3 Å². The fourth-order valence-corrected chi connectivity index (χ4v) is 4.13. The smallest absolute Gasteiger partial charge is 0.329 e. The lowest BCUT2D eigenvalue weighted by Gasteiger charge is -2.19. The summed E-state index contributed by atoms with van der Waals surface area (Å²) in [6, 6.07) is 5.70. The second-order valence-corrected chi connectivity index (χ2v) is 8.89. The van der Waals surface area contributed by atoms with E-state index in [2.05, 4.69) is 4.98 Å². The number of nitrogens with one attached hydrogen (secondary N) is 1. The van der Waals surface area contributed by atoms with Crippen LogP contribution in [0, 0.1) is 5.82 Å². The zero-order valence-corrected chi connectivity index (χ0v) is 20.2. The van der Waals surface area contributed by atoms with Crippen molar-refractivity contribution in [3.63, 3.8) is 0 Å². The molecule has 188 valence electrons. The van der Waals surface area contributed by atoms with Gasteiger partial charge in [0.15, 0.2) is 0 Å². The summed E-state index contributed by atoms with van der Waals surface area (Å²) in [5.74, 6) is -0.543. The van der Waals surface area contributed by atoms with Crippen LogP contribution in [0.5, 0.6) is 0 Å². The molecule has 3 aromatic rings. The Bertz CT molecular complexity index is 1310. The summed E-state index contributed by atoms with van der Waals surface area (Å²) >= 11 is 0. The number of nitrogens with zero attached hydrogens (tertiary/aromatic N) is 2. The molecule has 1 aromatic carbocycles. The Balaban J connectivity index is 2.36. The lowest BCUT2D eigenvalue weighted by atomic mass is 9.91. The summed E-state index contributed by atoms with van der Waals surface area (Å²) in [5, 5.41) is 29.6. The van der Waals surface area contributed by atoms with Gasteiger partial charge in [-0.1, -0.05) is 45.1 Å². The summed E-state index contributed by atoms with van der Waals surface area (Å²) < 4.78 is 15.2. The van der Waals surface area contributed by atoms with Crippen molar-refractivity contribution in [3.8, 4) is 11.1 Å². The highest BCUT2D eigenvalue weighted by Gasteiger charge is 2.22. The number of halogens is 1. The van der Waals surface area contributed by atoms with Gasteiger partial charge in [-0.2, -0.15) is 0 Å². The molecular weight excluding hydrogens is 453 g/mol. The van der Waals surface area contributed by atoms with E-state index in [1.165, 1.54) is 22.8 Å². The lowest BCUT2D eigenvalue weighted by Crippen LogP contribution is -2.31. The molecule has 0 saturated heterocycles. The molecule has 0 aliphatic rings. The molecule has 0 saturated carbocycles. The topological polar surface area (TPSA) is 128 Å². The molecule has 3 rings (SSSR count). The van der Waals surface area contributed by atoms with Crippen LogP contribution in [0.4, 0.5) is 4.39 Å². The quantitative estimate of drug-likeness (QED) is 0.350. The maximum Gasteiger partial charge on any atom is 0.329 e. The van der Waals surface area contributed by atoms with Crippen molar-refractivity contribution in [1.82, 2.24) is 14.5 Å². The van der Waals surface area contributed by atoms with Gasteiger partial charge in [-0.15, -0.1) is 0 Å². The number of aliphatic hydroxyl groups excluding tert-OH is 3. The molecule has 0 aliphatic carbocycles. The first kappa shape index (κ1) is 26.5. The average Bonchev–Trinajstić information content (AvgIpc) is 2.80. The van der Waals surface area contributed by atoms with Gasteiger partial charge < -0.3 is 15.3 Å². The zero-order chi connectivity index (χ0) is 25.7. The molecule has 9 heteroatoms. The van der Waals surface area contributed by atoms with Crippen molar-refractivity contribution in [3.05, 3.63) is 68.3 Å². The van der Waals surface area contributed by atoms with E-state index >= 15 is 0 Å². The van der Waals surface area contributed by atoms with Crippen LogP contribution in [-0.2, 0) is 6.54 Å². The Kier molecular flexibility index (Phi) is 8.71. The number of rotatable bonds is 10. The highest BCUT2D eigenvalue weighted by molar-refractivity contribution is 5.97. The summed E-state index contributed by atoms with van der Waals surface area (Å²) in [6.07, 6.45) is 2.07. The van der Waals surface area contributed by atoms with E-state index in [-0.39, 0.29) is 36.4 Å². The number of aromatic amines is 1. The number of aliphatic hydroxyl groups is 3. The Morgan fingerprint density at radius 1 is 1.17 bits per heavy atom. The zero-order valence-electron chi connectivity index (χ0n) is 20.2. The largest absolute Gasteiger partial charge is 0.396 e. The minimum Gasteiger partial charge on any atom is -0.396 e. The van der Waals surface area contributed by atoms with Gasteiger partial charge in [0.2, 0.25) is 0 Å². The van der Waals surface area contributed by atoms with Crippen LogP contribution < -0.4 is 11.2 Å². The molecule has 0 unspecified atom stereocenters. The molecule has 0 amide bonds. The van der Waals surface area contributed by atoms with Crippen molar-refractivity contribution in [2.75, 3.05) is 6.61 Å². The first-order valence-electron chi connectivity index (χ1n) is 11.8. The van der Waals surface area contributed by atoms with Crippen LogP contribution in [0.2, 0.25) is 0 Å². The summed E-state index contributed by atoms with van der Waals surface area (Å²) in [4.78, 5) is 32.8. The van der Waals surface area contributed by atoms with Crippen LogP contribution in [0.15, 0.2) is 39.9 Å². The summed E-state index contributed by atoms with van der Waals surface area (Å²) in [5.41, 5.74) is 1.29. The predicted molar refractivity (Wildman–Crippen MR) is 134 cm³/mol. The summed E-state index contributed by atoms with van der Waals surface area (Å²) in [7, 11) is 0. The van der Waals surface area contributed by atoms with E-state index in [4.69, 9.17) is 10.1 Å². The van der Waals surface area contributed by atoms with E-state index in [9.17, 15) is 24.2 Å². The van der Waals surface area contributed by atoms with Crippen molar-refractivity contribution in [2.45, 2.75) is 64.7 Å². The molecule has 0 bridgehead atoms. The first-order valence-corrected chi connectivity index (χ1v) is 11.8. The molecule has 2 atom stereocenters. The third-order valence-corrected chi connectivity index (χ3v) is 5.78. The van der Waals surface area contributed by atoms with E-state index in [0.29, 0.717) is 35.3 Å². The van der Waals surface area contributed by atoms with Crippen molar-refractivity contribution < 1.29 is 19.7 Å². The van der Waals surface area contributed by atoms with Crippen LogP contribution in [0.3, 0.4) is 0 Å². The van der Waals surface area contributed by atoms with Gasteiger partial charge in [0.25, 0.3) is 5.56 Å². The van der Waals surface area contributed by atoms with Gasteiger partial charge in [0.1, 0.15) is 11.5 Å². The molecule has 8 nitrogen and oxygen atoms in total. The molecule has 2 aromatic heterocycles. The minimum atomic E-state index is -1.01. The molecule has 0 spiro atoms. The highest BCUT2D eigenvalue weighted by atomic mass is 19.1. The van der Waals surface area contributed by atoms with Gasteiger partial charge in [-0.25, -0.2) is 14.2 Å². The molecular formula is C26H32FN3O5. The van der Waals surface area contributed by atoms with Gasteiger partial charge in [0.05, 0.1) is 23.3 Å². The number of aromatic nitrogens is 3. The average molecular weight is 486 g/mol. The Morgan fingerprint density at radius 3 is 2.46 bits per heavy atom. The van der Waals surface area contributed by atoms with Crippen molar-refractivity contribution >= 4 is 17.1 Å². The Labute approximate surface area is 202 Å². The van der Waals surface area contributed by atoms with E-state index in [1.807, 2.05) is 20.8 Å². The normalized spacial score (nSPS) is 13.7. The van der Waals surface area contributed by atoms with E-state index in [0.717, 1.165) is 0 Å². The highest BCUT2D eigenvalue weighted by Crippen LogP contribution is 2.35. The monoisotopic (exact) mass is 485 g/mol. The standard InChI is InChI=1S/C26H32FN3O5/c1-4-12-30-24-22(25(34)29-26(30)35)21(16-5-7-17(27)8-6-16)20(23(28-24)15(2)3)10-9-18(32)14-19(33)11-13-31/h5-10,15,18-19,31-33H,4,11-14H2,1-3H3,(H,29,34,35)/t18-,19+/m1/s1. The number of hydrogen-bond donors (Lipinski definition) is 4. The number of H-pyrrole nitrogens is 1. The number of hydrogen-bond acceptors (Lipinski definition) is 6. The van der Waals surface area contributed by atoms with E-state index in [1.54, 1.807) is 18.2 Å². The van der Waals surface area contributed by atoms with Crippen LogP contribution in [0.1, 0.15) is 57.2 Å². The lowest BCUT2D eigenvalue weighted by molar-refractivity contribution is 0.0827. The molecule has 0 aliphatic heterocycles. The Morgan fingerprint density at radius 2 is 1.86 bits per heavy atom. The van der Waals surface area contributed by atoms with Gasteiger partial charge in [0, 0.05) is 30.7 Å². The summed E-state index contributed by atoms with van der Waals surface area (Å²) in [6.45, 7) is 5.93. The molecule has 0 fully saturated rings. The number of fused-ring (bicyclic) bond motifs is 1. The van der Waals surface area contributed by atoms with Crippen LogP contribution >= 0.6 is 0 Å².